The second-order valence-electron chi connectivity index (χ2n) is 3.15. The van der Waals surface area contributed by atoms with Crippen LogP contribution in [0.4, 0.5) is 11.6 Å². The molecule has 0 amide bonds. The highest BCUT2D eigenvalue weighted by atomic mass is 32.2. The number of aromatic nitrogens is 1. The molecule has 0 aliphatic carbocycles. The first-order valence-corrected chi connectivity index (χ1v) is 5.94. The molecule has 14 heavy (non-hydrogen) atoms. The van der Waals surface area contributed by atoms with E-state index in [-0.39, 0.29) is 0 Å². The molecule has 1 atom stereocenters. The molecule has 3 nitrogen and oxygen atoms in total. The van der Waals surface area contributed by atoms with Crippen molar-refractivity contribution in [1.82, 2.24) is 4.98 Å². The number of thioether (sulfide) groups is 1. The molecule has 0 saturated heterocycles. The maximum Gasteiger partial charge on any atom is 0.128 e. The van der Waals surface area contributed by atoms with Crippen LogP contribution in [0.1, 0.15) is 13.8 Å². The molecule has 1 aromatic rings. The second kappa shape index (κ2) is 5.75. The minimum atomic E-state index is 0.425. The van der Waals surface area contributed by atoms with E-state index in [9.17, 15) is 0 Å². The molecule has 0 aliphatic heterocycles. The van der Waals surface area contributed by atoms with Gasteiger partial charge in [0.05, 0.1) is 0 Å². The minimum absolute atomic E-state index is 0.425. The lowest BCUT2D eigenvalue weighted by molar-refractivity contribution is 0.903. The van der Waals surface area contributed by atoms with Gasteiger partial charge in [0, 0.05) is 11.8 Å². The Hall–Kier alpha value is -0.900. The van der Waals surface area contributed by atoms with Crippen LogP contribution < -0.4 is 11.1 Å². The molecule has 0 aliphatic rings. The van der Waals surface area contributed by atoms with Crippen LogP contribution in [0.2, 0.25) is 0 Å². The Labute approximate surface area is 89.5 Å². The van der Waals surface area contributed by atoms with E-state index in [1.807, 2.05) is 23.9 Å². The van der Waals surface area contributed by atoms with Crippen molar-refractivity contribution in [2.45, 2.75) is 19.9 Å². The Balaban J connectivity index is 2.43. The fourth-order valence-corrected chi connectivity index (χ4v) is 1.79. The first-order chi connectivity index (χ1) is 6.72. The highest BCUT2D eigenvalue weighted by molar-refractivity contribution is 7.99. The number of rotatable bonds is 5. The smallest absolute Gasteiger partial charge is 0.128 e. The van der Waals surface area contributed by atoms with E-state index in [1.165, 1.54) is 0 Å². The molecule has 0 radical (unpaired) electrons. The quantitative estimate of drug-likeness (QED) is 0.784. The Bertz CT molecular complexity index is 278. The molecule has 0 saturated carbocycles. The lowest BCUT2D eigenvalue weighted by Crippen LogP contribution is -2.18. The van der Waals surface area contributed by atoms with Crippen molar-refractivity contribution in [3.05, 3.63) is 18.2 Å². The van der Waals surface area contributed by atoms with Gasteiger partial charge in [0.25, 0.3) is 0 Å². The number of anilines is 2. The maximum absolute atomic E-state index is 5.58. The van der Waals surface area contributed by atoms with Crippen LogP contribution in [0, 0.1) is 0 Å². The van der Waals surface area contributed by atoms with Crippen molar-refractivity contribution in [2.75, 3.05) is 22.6 Å². The van der Waals surface area contributed by atoms with E-state index in [1.54, 1.807) is 6.07 Å². The Kier molecular flexibility index (Phi) is 4.59. The molecule has 78 valence electrons. The van der Waals surface area contributed by atoms with Crippen molar-refractivity contribution < 1.29 is 0 Å². The average Bonchev–Trinajstić information content (AvgIpc) is 2.15. The van der Waals surface area contributed by atoms with Gasteiger partial charge >= 0.3 is 0 Å². The number of nitrogens with two attached hydrogens (primary N) is 1. The van der Waals surface area contributed by atoms with Gasteiger partial charge in [0.2, 0.25) is 0 Å². The van der Waals surface area contributed by atoms with Crippen LogP contribution in [0.15, 0.2) is 18.2 Å². The van der Waals surface area contributed by atoms with E-state index in [0.29, 0.717) is 11.9 Å². The fourth-order valence-electron chi connectivity index (χ4n) is 1.12. The van der Waals surface area contributed by atoms with Crippen molar-refractivity contribution in [1.29, 1.82) is 0 Å². The molecule has 1 rings (SSSR count). The zero-order valence-corrected chi connectivity index (χ0v) is 9.47. The molecule has 1 heterocycles. The van der Waals surface area contributed by atoms with Gasteiger partial charge in [-0.25, -0.2) is 4.98 Å². The molecule has 3 N–H and O–H groups in total. The normalized spacial score (nSPS) is 12.4. The highest BCUT2D eigenvalue weighted by Crippen LogP contribution is 2.10. The summed E-state index contributed by atoms with van der Waals surface area (Å²) in [6.07, 6.45) is 0. The summed E-state index contributed by atoms with van der Waals surface area (Å²) in [4.78, 5) is 4.18. The summed E-state index contributed by atoms with van der Waals surface area (Å²) in [5, 5.41) is 3.31. The van der Waals surface area contributed by atoms with Crippen LogP contribution in [-0.2, 0) is 0 Å². The molecule has 0 aromatic carbocycles. The third-order valence-corrected chi connectivity index (χ3v) is 2.88. The molecular formula is C10H17N3S. The van der Waals surface area contributed by atoms with Crippen LogP contribution in [0.25, 0.3) is 0 Å². The molecule has 1 unspecified atom stereocenters. The molecule has 1 aromatic heterocycles. The van der Waals surface area contributed by atoms with E-state index in [2.05, 4.69) is 24.1 Å². The Morgan fingerprint density at radius 1 is 1.57 bits per heavy atom. The molecule has 4 heteroatoms. The maximum atomic E-state index is 5.58. The molecule has 0 fully saturated rings. The van der Waals surface area contributed by atoms with E-state index < -0.39 is 0 Å². The summed E-state index contributed by atoms with van der Waals surface area (Å²) in [7, 11) is 0. The van der Waals surface area contributed by atoms with Crippen molar-refractivity contribution >= 4 is 23.4 Å². The first-order valence-electron chi connectivity index (χ1n) is 4.79. The van der Waals surface area contributed by atoms with E-state index >= 15 is 0 Å². The average molecular weight is 211 g/mol. The van der Waals surface area contributed by atoms with Crippen molar-refractivity contribution in [3.8, 4) is 0 Å². The Morgan fingerprint density at radius 2 is 2.36 bits per heavy atom. The number of hydrogen-bond donors (Lipinski definition) is 2. The topological polar surface area (TPSA) is 50.9 Å². The van der Waals surface area contributed by atoms with Gasteiger partial charge in [0.1, 0.15) is 11.6 Å². The van der Waals surface area contributed by atoms with E-state index in [4.69, 9.17) is 5.73 Å². The van der Waals surface area contributed by atoms with Crippen LogP contribution in [0.3, 0.4) is 0 Å². The number of nitrogen functional groups attached to an aromatic ring is 1. The second-order valence-corrected chi connectivity index (χ2v) is 4.47. The number of pyridine rings is 1. The van der Waals surface area contributed by atoms with Crippen LogP contribution in [0.5, 0.6) is 0 Å². The van der Waals surface area contributed by atoms with Gasteiger partial charge in [-0.2, -0.15) is 11.8 Å². The standard InChI is InChI=1S/C10H17N3S/c1-3-14-7-8(2)12-10-6-4-5-9(11)13-10/h4-6,8H,3,7H2,1-2H3,(H3,11,12,13). The predicted molar refractivity (Wildman–Crippen MR) is 64.7 cm³/mol. The SMILES string of the molecule is CCSCC(C)Nc1cccc(N)n1. The van der Waals surface area contributed by atoms with Crippen LogP contribution >= 0.6 is 11.8 Å². The first kappa shape index (κ1) is 11.2. The summed E-state index contributed by atoms with van der Waals surface area (Å²) in [5.74, 6) is 3.66. The fraction of sp³-hybridized carbons (Fsp3) is 0.500. The van der Waals surface area contributed by atoms with Gasteiger partial charge < -0.3 is 11.1 Å². The van der Waals surface area contributed by atoms with Crippen LogP contribution in [-0.4, -0.2) is 22.5 Å². The summed E-state index contributed by atoms with van der Waals surface area (Å²) in [5.41, 5.74) is 5.58. The zero-order chi connectivity index (χ0) is 10.4. The molecule has 0 bridgehead atoms. The lowest BCUT2D eigenvalue weighted by atomic mass is 10.3. The number of nitrogens with zero attached hydrogens (tertiary/aromatic N) is 1. The monoisotopic (exact) mass is 211 g/mol. The van der Waals surface area contributed by atoms with Gasteiger partial charge in [-0.15, -0.1) is 0 Å². The van der Waals surface area contributed by atoms with Gasteiger partial charge in [0.15, 0.2) is 0 Å². The van der Waals surface area contributed by atoms with Gasteiger partial charge in [-0.1, -0.05) is 13.0 Å². The van der Waals surface area contributed by atoms with E-state index in [0.717, 1.165) is 17.3 Å². The zero-order valence-electron chi connectivity index (χ0n) is 8.66. The van der Waals surface area contributed by atoms with Crippen molar-refractivity contribution in [2.24, 2.45) is 0 Å². The lowest BCUT2D eigenvalue weighted by Gasteiger charge is -2.13. The summed E-state index contributed by atoms with van der Waals surface area (Å²) >= 11 is 1.92. The number of hydrogen-bond acceptors (Lipinski definition) is 4. The van der Waals surface area contributed by atoms with Gasteiger partial charge in [-0.05, 0) is 24.8 Å². The van der Waals surface area contributed by atoms with Gasteiger partial charge in [-0.3, -0.25) is 0 Å². The molecule has 0 spiro atoms. The van der Waals surface area contributed by atoms with Crippen molar-refractivity contribution in [3.63, 3.8) is 0 Å². The summed E-state index contributed by atoms with van der Waals surface area (Å²) < 4.78 is 0. The largest absolute Gasteiger partial charge is 0.384 e. The number of nitrogens with one attached hydrogen (secondary N) is 1. The summed E-state index contributed by atoms with van der Waals surface area (Å²) in [6.45, 7) is 4.31. The molecular weight excluding hydrogens is 194 g/mol. The minimum Gasteiger partial charge on any atom is -0.384 e. The third kappa shape index (κ3) is 3.87. The Morgan fingerprint density at radius 3 is 3.00 bits per heavy atom. The highest BCUT2D eigenvalue weighted by Gasteiger charge is 2.02. The summed E-state index contributed by atoms with van der Waals surface area (Å²) in [6, 6.07) is 6.05. The third-order valence-electron chi connectivity index (χ3n) is 1.74. The predicted octanol–water partition coefficient (Wildman–Crippen LogP) is 2.22.